The van der Waals surface area contributed by atoms with Crippen molar-refractivity contribution >= 4 is 7.55 Å². The topological polar surface area (TPSA) is 61.4 Å². The van der Waals surface area contributed by atoms with Crippen LogP contribution < -0.4 is 0 Å². The Balaban J connectivity index is 2.14. The zero-order valence-electron chi connectivity index (χ0n) is 5.99. The van der Waals surface area contributed by atoms with Crippen molar-refractivity contribution in [1.82, 2.24) is 29.4 Å². The van der Waals surface area contributed by atoms with Crippen LogP contribution in [0.2, 0.25) is 0 Å². The van der Waals surface area contributed by atoms with Crippen LogP contribution in [-0.2, 0) is 0 Å². The average molecular weight is 149 g/mol. The van der Waals surface area contributed by atoms with Crippen molar-refractivity contribution in [2.45, 2.75) is 0 Å². The first-order valence-electron chi connectivity index (χ1n) is 3.36. The van der Waals surface area contributed by atoms with Gasteiger partial charge in [0.15, 0.2) is 0 Å². The van der Waals surface area contributed by atoms with Gasteiger partial charge in [0.05, 0.1) is 12.7 Å². The fraction of sp³-hybridized carbons (Fsp3) is 0. The summed E-state index contributed by atoms with van der Waals surface area (Å²) in [5, 5.41) is 7.93. The first-order valence-corrected chi connectivity index (χ1v) is 3.36. The lowest BCUT2D eigenvalue weighted by Gasteiger charge is -2.06. The van der Waals surface area contributed by atoms with Gasteiger partial charge >= 0.3 is 0 Å². The minimum Gasteiger partial charge on any atom is -0.412 e. The van der Waals surface area contributed by atoms with E-state index in [1.807, 2.05) is 0 Å². The minimum absolute atomic E-state index is 0.542. The highest BCUT2D eigenvalue weighted by Gasteiger charge is 1.85. The summed E-state index contributed by atoms with van der Waals surface area (Å²) < 4.78 is 3.57. The van der Waals surface area contributed by atoms with Gasteiger partial charge in [0.1, 0.15) is 12.7 Å². The molecule has 0 amide bonds. The van der Waals surface area contributed by atoms with Crippen LogP contribution >= 0.6 is 0 Å². The molecular weight excluding hydrogens is 143 g/mol. The second kappa shape index (κ2) is 2.53. The maximum atomic E-state index is 3.96. The summed E-state index contributed by atoms with van der Waals surface area (Å²) in [7, 11) is -0.542. The van der Waals surface area contributed by atoms with Crippen LogP contribution in [0.1, 0.15) is 0 Å². The van der Waals surface area contributed by atoms with Crippen molar-refractivity contribution in [3.8, 4) is 0 Å². The quantitative estimate of drug-likeness (QED) is 0.475. The fourth-order valence-corrected chi connectivity index (χ4v) is 0.951. The Labute approximate surface area is 63.2 Å². The van der Waals surface area contributed by atoms with Gasteiger partial charge in [0.25, 0.3) is 0 Å². The van der Waals surface area contributed by atoms with Crippen molar-refractivity contribution in [2.24, 2.45) is 0 Å². The molecule has 56 valence electrons. The van der Waals surface area contributed by atoms with E-state index in [1.165, 1.54) is 12.7 Å². The van der Waals surface area contributed by atoms with E-state index in [0.717, 1.165) is 0 Å². The van der Waals surface area contributed by atoms with Crippen molar-refractivity contribution in [2.75, 3.05) is 0 Å². The van der Waals surface area contributed by atoms with Crippen molar-refractivity contribution < 1.29 is 0 Å². The van der Waals surface area contributed by atoms with Gasteiger partial charge in [-0.15, -0.1) is 0 Å². The van der Waals surface area contributed by atoms with E-state index in [1.54, 1.807) is 21.8 Å². The third-order valence-corrected chi connectivity index (χ3v) is 1.48. The Morgan fingerprint density at radius 3 is 1.82 bits per heavy atom. The molecule has 0 spiro atoms. The molecule has 0 saturated carbocycles. The third kappa shape index (κ3) is 1.26. The smallest absolute Gasteiger partial charge is 0.202 e. The van der Waals surface area contributed by atoms with E-state index < -0.39 is 7.55 Å². The summed E-state index contributed by atoms with van der Waals surface area (Å²) >= 11 is 0. The molecule has 0 atom stereocenters. The molecule has 11 heavy (non-hydrogen) atoms. The van der Waals surface area contributed by atoms with Gasteiger partial charge in [-0.05, 0) is 0 Å². The normalized spacial score (nSPS) is 10.2. The molecule has 2 heterocycles. The van der Waals surface area contributed by atoms with Crippen LogP contribution in [0.4, 0.5) is 0 Å². The lowest BCUT2D eigenvalue weighted by atomic mass is 10.2. The van der Waals surface area contributed by atoms with Crippen LogP contribution in [0.3, 0.4) is 0 Å². The van der Waals surface area contributed by atoms with Crippen LogP contribution in [0, 0.1) is 0 Å². The molecule has 2 rings (SSSR count). The molecule has 0 aliphatic rings. The van der Waals surface area contributed by atoms with E-state index in [0.29, 0.717) is 0 Å². The summed E-state index contributed by atoms with van der Waals surface area (Å²) in [4.78, 5) is 7.65. The molecule has 0 N–H and O–H groups in total. The summed E-state index contributed by atoms with van der Waals surface area (Å²) in [6.07, 6.45) is 6.39. The molecule has 0 radical (unpaired) electrons. The molecule has 0 bridgehead atoms. The minimum atomic E-state index is -0.542. The van der Waals surface area contributed by atoms with Gasteiger partial charge < -0.3 is 9.19 Å². The Hall–Kier alpha value is -1.66. The van der Waals surface area contributed by atoms with E-state index in [4.69, 9.17) is 0 Å². The molecule has 0 fully saturated rings. The average Bonchev–Trinajstić information content (AvgIpc) is 2.60. The summed E-state index contributed by atoms with van der Waals surface area (Å²) in [6, 6.07) is 0. The Bertz CT molecular complexity index is 267. The van der Waals surface area contributed by atoms with Gasteiger partial charge in [-0.3, -0.25) is 0 Å². The van der Waals surface area contributed by atoms with Crippen LogP contribution in [0.5, 0.6) is 0 Å². The highest BCUT2D eigenvalue weighted by atomic mass is 15.4. The van der Waals surface area contributed by atoms with E-state index in [9.17, 15) is 0 Å². The number of hydrogen-bond acceptors (Lipinski definition) is 4. The van der Waals surface area contributed by atoms with E-state index in [-0.39, 0.29) is 0 Å². The van der Waals surface area contributed by atoms with Gasteiger partial charge in [-0.25, -0.2) is 20.2 Å². The van der Waals surface area contributed by atoms with Gasteiger partial charge in [-0.1, -0.05) is 0 Å². The Morgan fingerprint density at radius 2 is 1.45 bits per heavy atom. The molecule has 0 saturated heterocycles. The predicted molar refractivity (Wildman–Crippen MR) is 39.4 cm³/mol. The zero-order chi connectivity index (χ0) is 7.52. The van der Waals surface area contributed by atoms with Crippen molar-refractivity contribution in [3.63, 3.8) is 0 Å². The largest absolute Gasteiger partial charge is 0.412 e. The first-order chi connectivity index (χ1) is 5.45. The molecule has 7 heteroatoms. The van der Waals surface area contributed by atoms with Gasteiger partial charge in [-0.2, -0.15) is 0 Å². The standard InChI is InChI=1S/C4H6BN6/c1-6-3-10(8-1)5-11-4-7-2-9-11/h1-4H,5H2/q-1. The maximum Gasteiger partial charge on any atom is 0.202 e. The number of hydrogen-bond donors (Lipinski definition) is 0. The molecule has 0 aliphatic carbocycles. The molecule has 2 aromatic heterocycles. The van der Waals surface area contributed by atoms with Crippen LogP contribution in [-0.4, -0.2) is 36.9 Å². The number of rotatable bonds is 2. The lowest BCUT2D eigenvalue weighted by Crippen LogP contribution is -2.17. The highest BCUT2D eigenvalue weighted by Crippen LogP contribution is 1.77. The molecule has 6 nitrogen and oxygen atoms in total. The molecule has 0 unspecified atom stereocenters. The van der Waals surface area contributed by atoms with E-state index in [2.05, 4.69) is 20.2 Å². The second-order valence-corrected chi connectivity index (χ2v) is 2.34. The third-order valence-electron chi connectivity index (χ3n) is 1.48. The van der Waals surface area contributed by atoms with Crippen molar-refractivity contribution in [1.29, 1.82) is 0 Å². The lowest BCUT2D eigenvalue weighted by molar-refractivity contribution is 0.882. The molecule has 0 aliphatic heterocycles. The highest BCUT2D eigenvalue weighted by molar-refractivity contribution is 6.30. The predicted octanol–water partition coefficient (Wildman–Crippen LogP) is -1.74. The van der Waals surface area contributed by atoms with E-state index >= 15 is 0 Å². The SMILES string of the molecule is [BH2-](n1cncn1)n1cncn1. The Kier molecular flexibility index (Phi) is 1.40. The van der Waals surface area contributed by atoms with Gasteiger partial charge in [0, 0.05) is 0 Å². The summed E-state index contributed by atoms with van der Waals surface area (Å²) in [6.45, 7) is 0. The molecule has 2 aromatic rings. The summed E-state index contributed by atoms with van der Waals surface area (Å²) in [5.74, 6) is 0. The number of nitrogens with zero attached hydrogens (tertiary/aromatic N) is 6. The second-order valence-electron chi connectivity index (χ2n) is 2.34. The molecular formula is C4H6BN6-. The number of aromatic nitrogens is 6. The monoisotopic (exact) mass is 149 g/mol. The molecule has 0 aromatic carbocycles. The van der Waals surface area contributed by atoms with Crippen molar-refractivity contribution in [3.05, 3.63) is 25.3 Å². The van der Waals surface area contributed by atoms with Crippen LogP contribution in [0.25, 0.3) is 0 Å². The fourth-order valence-electron chi connectivity index (χ4n) is 0.951. The van der Waals surface area contributed by atoms with Crippen LogP contribution in [0.15, 0.2) is 25.3 Å². The Morgan fingerprint density at radius 1 is 0.909 bits per heavy atom. The first kappa shape index (κ1) is 6.08. The zero-order valence-corrected chi connectivity index (χ0v) is 5.99. The van der Waals surface area contributed by atoms with Gasteiger partial charge in [0.2, 0.25) is 7.55 Å². The maximum absolute atomic E-state index is 3.96. The summed E-state index contributed by atoms with van der Waals surface area (Å²) in [5.41, 5.74) is 0.